The fraction of sp³-hybridized carbons (Fsp3) is 0.250. The Morgan fingerprint density at radius 3 is 2.53 bits per heavy atom. The fourth-order valence-corrected chi connectivity index (χ4v) is 2.53. The third-order valence-corrected chi connectivity index (χ3v) is 3.52. The molecule has 86 valence electrons. The van der Waals surface area contributed by atoms with Crippen molar-refractivity contribution in [1.29, 1.82) is 0 Å². The molecule has 0 fully saturated rings. The summed E-state index contributed by atoms with van der Waals surface area (Å²) in [6, 6.07) is 19.4. The lowest BCUT2D eigenvalue weighted by molar-refractivity contribution is 0.536. The van der Waals surface area contributed by atoms with E-state index in [0.29, 0.717) is 0 Å². The summed E-state index contributed by atoms with van der Waals surface area (Å²) in [7, 11) is 0. The van der Waals surface area contributed by atoms with Gasteiger partial charge in [-0.05, 0) is 23.1 Å². The molecule has 0 saturated heterocycles. The van der Waals surface area contributed by atoms with Crippen LogP contribution in [0.25, 0.3) is 0 Å². The Morgan fingerprint density at radius 2 is 1.71 bits per heavy atom. The second-order valence-electron chi connectivity index (χ2n) is 4.72. The molecule has 0 aliphatic heterocycles. The van der Waals surface area contributed by atoms with Crippen molar-refractivity contribution < 1.29 is 0 Å². The first kappa shape index (κ1) is 10.5. The Labute approximate surface area is 102 Å². The number of benzene rings is 2. The van der Waals surface area contributed by atoms with Gasteiger partial charge < -0.3 is 5.32 Å². The molecule has 0 heterocycles. The lowest BCUT2D eigenvalue weighted by atomic mass is 9.77. The topological polar surface area (TPSA) is 12.0 Å². The van der Waals surface area contributed by atoms with Crippen molar-refractivity contribution in [2.45, 2.75) is 18.9 Å². The number of nitrogens with one attached hydrogen (secondary N) is 1. The van der Waals surface area contributed by atoms with E-state index in [0.717, 1.165) is 19.0 Å². The van der Waals surface area contributed by atoms with Gasteiger partial charge in [0.25, 0.3) is 0 Å². The Balaban J connectivity index is 1.51. The summed E-state index contributed by atoms with van der Waals surface area (Å²) in [5.41, 5.74) is 4.42. The van der Waals surface area contributed by atoms with E-state index in [9.17, 15) is 0 Å². The summed E-state index contributed by atoms with van der Waals surface area (Å²) in [5.74, 6) is 0.718. The average Bonchev–Trinajstić information content (AvgIpc) is 2.36. The zero-order valence-electron chi connectivity index (χ0n) is 9.89. The standard InChI is InChI=1S/C16H17N/c1-2-6-13(7-3-1)11-17-12-15-10-14-8-4-5-9-16(14)15/h1-9,15,17H,10-12H2. The SMILES string of the molecule is c1ccc(CNCC2Cc3ccccc32)cc1. The molecular weight excluding hydrogens is 206 g/mol. The molecule has 1 aliphatic carbocycles. The molecule has 1 N–H and O–H groups in total. The van der Waals surface area contributed by atoms with Gasteiger partial charge in [0, 0.05) is 19.0 Å². The summed E-state index contributed by atoms with van der Waals surface area (Å²) in [6.45, 7) is 2.06. The van der Waals surface area contributed by atoms with Crippen molar-refractivity contribution in [1.82, 2.24) is 5.32 Å². The molecule has 0 bridgehead atoms. The first-order valence-corrected chi connectivity index (χ1v) is 6.26. The Bertz CT molecular complexity index is 490. The highest BCUT2D eigenvalue weighted by Gasteiger charge is 2.24. The molecule has 0 aromatic heterocycles. The average molecular weight is 223 g/mol. The maximum absolute atomic E-state index is 3.54. The van der Waals surface area contributed by atoms with Gasteiger partial charge in [-0.2, -0.15) is 0 Å². The van der Waals surface area contributed by atoms with Gasteiger partial charge in [0.1, 0.15) is 0 Å². The van der Waals surface area contributed by atoms with Crippen LogP contribution in [-0.4, -0.2) is 6.54 Å². The second kappa shape index (κ2) is 4.72. The Morgan fingerprint density at radius 1 is 0.941 bits per heavy atom. The van der Waals surface area contributed by atoms with E-state index in [1.807, 2.05) is 0 Å². The first-order chi connectivity index (χ1) is 8.43. The monoisotopic (exact) mass is 223 g/mol. The molecule has 0 radical (unpaired) electrons. The third kappa shape index (κ3) is 2.25. The van der Waals surface area contributed by atoms with E-state index in [1.165, 1.54) is 23.1 Å². The zero-order valence-corrected chi connectivity index (χ0v) is 9.89. The molecule has 1 atom stereocenters. The summed E-state index contributed by atoms with van der Waals surface area (Å²) in [5, 5.41) is 3.54. The van der Waals surface area contributed by atoms with E-state index in [1.54, 1.807) is 0 Å². The predicted octanol–water partition coefficient (Wildman–Crippen LogP) is 3.12. The Hall–Kier alpha value is -1.60. The lowest BCUT2D eigenvalue weighted by Gasteiger charge is -2.30. The molecule has 0 spiro atoms. The van der Waals surface area contributed by atoms with Crippen LogP contribution in [0.15, 0.2) is 54.6 Å². The maximum Gasteiger partial charge on any atom is 0.0205 e. The van der Waals surface area contributed by atoms with Crippen LogP contribution in [0.2, 0.25) is 0 Å². The minimum absolute atomic E-state index is 0.718. The molecule has 3 rings (SSSR count). The van der Waals surface area contributed by atoms with Crippen LogP contribution in [0.1, 0.15) is 22.6 Å². The van der Waals surface area contributed by atoms with Crippen LogP contribution in [0.5, 0.6) is 0 Å². The number of fused-ring (bicyclic) bond motifs is 1. The van der Waals surface area contributed by atoms with Crippen molar-refractivity contribution in [3.8, 4) is 0 Å². The van der Waals surface area contributed by atoms with Gasteiger partial charge >= 0.3 is 0 Å². The normalized spacial score (nSPS) is 17.3. The van der Waals surface area contributed by atoms with Crippen molar-refractivity contribution in [2.24, 2.45) is 0 Å². The van der Waals surface area contributed by atoms with E-state index in [4.69, 9.17) is 0 Å². The zero-order chi connectivity index (χ0) is 11.5. The summed E-state index contributed by atoms with van der Waals surface area (Å²) < 4.78 is 0. The van der Waals surface area contributed by atoms with E-state index >= 15 is 0 Å². The van der Waals surface area contributed by atoms with Crippen LogP contribution in [0.3, 0.4) is 0 Å². The maximum atomic E-state index is 3.54. The minimum atomic E-state index is 0.718. The Kier molecular flexibility index (Phi) is 2.93. The van der Waals surface area contributed by atoms with E-state index in [-0.39, 0.29) is 0 Å². The van der Waals surface area contributed by atoms with Gasteiger partial charge in [-0.3, -0.25) is 0 Å². The smallest absolute Gasteiger partial charge is 0.0205 e. The summed E-state index contributed by atoms with van der Waals surface area (Å²) in [4.78, 5) is 0. The van der Waals surface area contributed by atoms with Crippen molar-refractivity contribution in [2.75, 3.05) is 6.54 Å². The molecule has 17 heavy (non-hydrogen) atoms. The molecule has 2 aromatic rings. The molecule has 1 heteroatoms. The molecule has 1 unspecified atom stereocenters. The van der Waals surface area contributed by atoms with Crippen molar-refractivity contribution >= 4 is 0 Å². The number of hydrogen-bond acceptors (Lipinski definition) is 1. The van der Waals surface area contributed by atoms with Gasteiger partial charge in [0.15, 0.2) is 0 Å². The molecule has 1 aliphatic rings. The summed E-state index contributed by atoms with van der Waals surface area (Å²) >= 11 is 0. The number of rotatable bonds is 4. The summed E-state index contributed by atoms with van der Waals surface area (Å²) in [6.07, 6.45) is 1.23. The van der Waals surface area contributed by atoms with Gasteiger partial charge in [-0.15, -0.1) is 0 Å². The first-order valence-electron chi connectivity index (χ1n) is 6.26. The highest BCUT2D eigenvalue weighted by atomic mass is 14.9. The van der Waals surface area contributed by atoms with Gasteiger partial charge in [0.05, 0.1) is 0 Å². The van der Waals surface area contributed by atoms with E-state index < -0.39 is 0 Å². The molecule has 1 nitrogen and oxygen atoms in total. The molecule has 0 saturated carbocycles. The minimum Gasteiger partial charge on any atom is -0.312 e. The van der Waals surface area contributed by atoms with Gasteiger partial charge in [-0.1, -0.05) is 54.6 Å². The number of hydrogen-bond donors (Lipinski definition) is 1. The van der Waals surface area contributed by atoms with Crippen LogP contribution < -0.4 is 5.32 Å². The second-order valence-corrected chi connectivity index (χ2v) is 4.72. The lowest BCUT2D eigenvalue weighted by Crippen LogP contribution is -2.28. The largest absolute Gasteiger partial charge is 0.312 e. The third-order valence-electron chi connectivity index (χ3n) is 3.52. The highest BCUT2D eigenvalue weighted by Crippen LogP contribution is 2.33. The fourth-order valence-electron chi connectivity index (χ4n) is 2.53. The van der Waals surface area contributed by atoms with Gasteiger partial charge in [0.2, 0.25) is 0 Å². The van der Waals surface area contributed by atoms with E-state index in [2.05, 4.69) is 59.9 Å². The molecule has 2 aromatic carbocycles. The quantitative estimate of drug-likeness (QED) is 0.839. The predicted molar refractivity (Wildman–Crippen MR) is 71.0 cm³/mol. The molecule has 0 amide bonds. The molecular formula is C16H17N. The highest BCUT2D eigenvalue weighted by molar-refractivity contribution is 5.40. The van der Waals surface area contributed by atoms with Crippen molar-refractivity contribution in [3.63, 3.8) is 0 Å². The van der Waals surface area contributed by atoms with Crippen LogP contribution in [0, 0.1) is 0 Å². The van der Waals surface area contributed by atoms with Crippen LogP contribution >= 0.6 is 0 Å². The van der Waals surface area contributed by atoms with Crippen LogP contribution in [0.4, 0.5) is 0 Å². The van der Waals surface area contributed by atoms with Crippen LogP contribution in [-0.2, 0) is 13.0 Å². The van der Waals surface area contributed by atoms with Crippen molar-refractivity contribution in [3.05, 3.63) is 71.3 Å². The van der Waals surface area contributed by atoms with Gasteiger partial charge in [-0.25, -0.2) is 0 Å².